The lowest BCUT2D eigenvalue weighted by atomic mass is 9.93. The van der Waals surface area contributed by atoms with Crippen LogP contribution < -0.4 is 10.6 Å². The van der Waals surface area contributed by atoms with Crippen LogP contribution >= 0.6 is 11.3 Å². The second-order valence-electron chi connectivity index (χ2n) is 6.14. The summed E-state index contributed by atoms with van der Waals surface area (Å²) in [5.41, 5.74) is 2.44. The second kappa shape index (κ2) is 8.27. The molecule has 3 rings (SSSR count). The van der Waals surface area contributed by atoms with Crippen molar-refractivity contribution in [2.75, 3.05) is 19.6 Å². The van der Waals surface area contributed by atoms with Gasteiger partial charge in [-0.3, -0.25) is 15.0 Å². The third-order valence-electron chi connectivity index (χ3n) is 4.32. The summed E-state index contributed by atoms with van der Waals surface area (Å²) in [4.78, 5) is 27.5. The maximum Gasteiger partial charge on any atom is 0.321 e. The predicted octanol–water partition coefficient (Wildman–Crippen LogP) is 2.93. The Labute approximate surface area is 152 Å². The summed E-state index contributed by atoms with van der Waals surface area (Å²) in [6, 6.07) is 12.0. The standard InChI is InChI=1S/C19H23N3O2S/c1-2-10-20-19(24)21-17(23)13-22-11-8-16-15(9-12-25-16)18(22)14-6-4-3-5-7-14/h3-7,9,12,18H,2,8,10-11,13H2,1H3,(H2,20,21,23,24). The monoisotopic (exact) mass is 357 g/mol. The van der Waals surface area contributed by atoms with E-state index in [0.717, 1.165) is 19.4 Å². The number of carbonyl (C=O) groups is 2. The molecule has 0 spiro atoms. The zero-order valence-electron chi connectivity index (χ0n) is 14.3. The summed E-state index contributed by atoms with van der Waals surface area (Å²) in [7, 11) is 0. The Balaban J connectivity index is 1.74. The van der Waals surface area contributed by atoms with E-state index in [0.29, 0.717) is 6.54 Å². The SMILES string of the molecule is CCCNC(=O)NC(=O)CN1CCc2sccc2C1c1ccccc1. The molecular formula is C19H23N3O2S. The van der Waals surface area contributed by atoms with Crippen LogP contribution in [0.15, 0.2) is 41.8 Å². The lowest BCUT2D eigenvalue weighted by Gasteiger charge is -2.35. The summed E-state index contributed by atoms with van der Waals surface area (Å²) in [5.74, 6) is -0.270. The lowest BCUT2D eigenvalue weighted by molar-refractivity contribution is -0.121. The Bertz CT molecular complexity index is 729. The van der Waals surface area contributed by atoms with E-state index < -0.39 is 6.03 Å². The fourth-order valence-electron chi connectivity index (χ4n) is 3.20. The molecular weight excluding hydrogens is 334 g/mol. The Morgan fingerprint density at radius 3 is 2.80 bits per heavy atom. The Hall–Kier alpha value is -2.18. The quantitative estimate of drug-likeness (QED) is 0.865. The predicted molar refractivity (Wildman–Crippen MR) is 99.7 cm³/mol. The van der Waals surface area contributed by atoms with Crippen LogP contribution in [0.25, 0.3) is 0 Å². The molecule has 0 saturated heterocycles. The number of hydrogen-bond donors (Lipinski definition) is 2. The van der Waals surface area contributed by atoms with E-state index in [1.807, 2.05) is 25.1 Å². The molecule has 0 radical (unpaired) electrons. The van der Waals surface area contributed by atoms with Gasteiger partial charge in [0.25, 0.3) is 0 Å². The molecule has 0 fully saturated rings. The first kappa shape index (κ1) is 17.6. The summed E-state index contributed by atoms with van der Waals surface area (Å²) in [5, 5.41) is 7.20. The Morgan fingerprint density at radius 1 is 1.24 bits per heavy atom. The van der Waals surface area contributed by atoms with Crippen LogP contribution in [0.1, 0.15) is 35.4 Å². The highest BCUT2D eigenvalue weighted by Gasteiger charge is 2.30. The second-order valence-corrected chi connectivity index (χ2v) is 7.14. The summed E-state index contributed by atoms with van der Waals surface area (Å²) >= 11 is 1.77. The van der Waals surface area contributed by atoms with E-state index in [1.165, 1.54) is 16.0 Å². The average Bonchev–Trinajstić information content (AvgIpc) is 3.09. The number of fused-ring (bicyclic) bond motifs is 1. The van der Waals surface area contributed by atoms with E-state index in [9.17, 15) is 9.59 Å². The Kier molecular flexibility index (Phi) is 5.83. The first-order chi connectivity index (χ1) is 12.2. The van der Waals surface area contributed by atoms with E-state index >= 15 is 0 Å². The molecule has 1 aromatic heterocycles. The summed E-state index contributed by atoms with van der Waals surface area (Å²) in [6.07, 6.45) is 1.77. The van der Waals surface area contributed by atoms with Crippen molar-refractivity contribution in [2.45, 2.75) is 25.8 Å². The number of rotatable bonds is 5. The smallest absolute Gasteiger partial charge is 0.321 e. The highest BCUT2D eigenvalue weighted by atomic mass is 32.1. The maximum atomic E-state index is 12.3. The van der Waals surface area contributed by atoms with Gasteiger partial charge >= 0.3 is 6.03 Å². The van der Waals surface area contributed by atoms with E-state index in [2.05, 4.69) is 39.1 Å². The first-order valence-corrected chi connectivity index (χ1v) is 9.50. The molecule has 132 valence electrons. The van der Waals surface area contributed by atoms with Gasteiger partial charge in [-0.15, -0.1) is 11.3 Å². The molecule has 1 unspecified atom stereocenters. The minimum absolute atomic E-state index is 0.0562. The van der Waals surface area contributed by atoms with Gasteiger partial charge in [0.15, 0.2) is 0 Å². The van der Waals surface area contributed by atoms with E-state index in [1.54, 1.807) is 11.3 Å². The van der Waals surface area contributed by atoms with Crippen LogP contribution in [-0.2, 0) is 11.2 Å². The van der Waals surface area contributed by atoms with Gasteiger partial charge in [-0.25, -0.2) is 4.79 Å². The van der Waals surface area contributed by atoms with Crippen molar-refractivity contribution in [2.24, 2.45) is 0 Å². The number of nitrogens with zero attached hydrogens (tertiary/aromatic N) is 1. The van der Waals surface area contributed by atoms with Crippen LogP contribution in [-0.4, -0.2) is 36.5 Å². The zero-order valence-corrected chi connectivity index (χ0v) is 15.1. The van der Waals surface area contributed by atoms with Crippen molar-refractivity contribution in [1.29, 1.82) is 0 Å². The highest BCUT2D eigenvalue weighted by molar-refractivity contribution is 7.10. The van der Waals surface area contributed by atoms with Crippen molar-refractivity contribution in [1.82, 2.24) is 15.5 Å². The zero-order chi connectivity index (χ0) is 17.6. The fourth-order valence-corrected chi connectivity index (χ4v) is 4.10. The van der Waals surface area contributed by atoms with Gasteiger partial charge in [0.05, 0.1) is 12.6 Å². The fraction of sp³-hybridized carbons (Fsp3) is 0.368. The number of nitrogens with one attached hydrogen (secondary N) is 2. The summed E-state index contributed by atoms with van der Waals surface area (Å²) in [6.45, 7) is 3.54. The molecule has 0 aliphatic carbocycles. The lowest BCUT2D eigenvalue weighted by Crippen LogP contribution is -2.47. The molecule has 2 aromatic rings. The molecule has 1 aliphatic heterocycles. The normalized spacial score (nSPS) is 16.9. The minimum Gasteiger partial charge on any atom is -0.338 e. The van der Waals surface area contributed by atoms with Gasteiger partial charge in [-0.2, -0.15) is 0 Å². The molecule has 6 heteroatoms. The number of benzene rings is 1. The van der Waals surface area contributed by atoms with Gasteiger partial charge in [-0.1, -0.05) is 37.3 Å². The topological polar surface area (TPSA) is 61.4 Å². The number of hydrogen-bond acceptors (Lipinski definition) is 4. The average molecular weight is 357 g/mol. The number of carbonyl (C=O) groups excluding carboxylic acids is 2. The highest BCUT2D eigenvalue weighted by Crippen LogP contribution is 2.37. The molecule has 0 saturated carbocycles. The Morgan fingerprint density at radius 2 is 2.04 bits per heavy atom. The van der Waals surface area contributed by atoms with Crippen molar-refractivity contribution in [3.63, 3.8) is 0 Å². The van der Waals surface area contributed by atoms with E-state index in [-0.39, 0.29) is 18.5 Å². The largest absolute Gasteiger partial charge is 0.338 e. The van der Waals surface area contributed by atoms with Crippen LogP contribution in [0.3, 0.4) is 0 Å². The molecule has 1 aromatic carbocycles. The van der Waals surface area contributed by atoms with Crippen LogP contribution in [0.4, 0.5) is 4.79 Å². The van der Waals surface area contributed by atoms with E-state index in [4.69, 9.17) is 0 Å². The molecule has 25 heavy (non-hydrogen) atoms. The van der Waals surface area contributed by atoms with Crippen molar-refractivity contribution in [3.05, 3.63) is 57.8 Å². The maximum absolute atomic E-state index is 12.3. The van der Waals surface area contributed by atoms with Gasteiger partial charge in [0.2, 0.25) is 5.91 Å². The van der Waals surface area contributed by atoms with Gasteiger partial charge in [0, 0.05) is 18.0 Å². The van der Waals surface area contributed by atoms with Gasteiger partial charge in [0.1, 0.15) is 0 Å². The van der Waals surface area contributed by atoms with Crippen LogP contribution in [0.5, 0.6) is 0 Å². The number of thiophene rings is 1. The summed E-state index contributed by atoms with van der Waals surface area (Å²) < 4.78 is 0. The van der Waals surface area contributed by atoms with Crippen molar-refractivity contribution in [3.8, 4) is 0 Å². The molecule has 2 N–H and O–H groups in total. The van der Waals surface area contributed by atoms with Gasteiger partial charge in [-0.05, 0) is 35.4 Å². The third kappa shape index (κ3) is 4.27. The first-order valence-electron chi connectivity index (χ1n) is 8.62. The van der Waals surface area contributed by atoms with Crippen molar-refractivity contribution >= 4 is 23.3 Å². The molecule has 0 bridgehead atoms. The third-order valence-corrected chi connectivity index (χ3v) is 5.31. The number of imide groups is 1. The number of urea groups is 1. The van der Waals surface area contributed by atoms with Crippen molar-refractivity contribution < 1.29 is 9.59 Å². The van der Waals surface area contributed by atoms with Crippen LogP contribution in [0.2, 0.25) is 0 Å². The number of amides is 3. The van der Waals surface area contributed by atoms with Crippen LogP contribution in [0, 0.1) is 0 Å². The molecule has 2 heterocycles. The van der Waals surface area contributed by atoms with Gasteiger partial charge < -0.3 is 5.32 Å². The molecule has 1 aliphatic rings. The molecule has 1 atom stereocenters. The molecule has 5 nitrogen and oxygen atoms in total. The minimum atomic E-state index is -0.420. The molecule has 3 amide bonds.